The van der Waals surface area contributed by atoms with E-state index >= 15 is 0 Å². The number of piperidine rings is 1. The van der Waals surface area contributed by atoms with Crippen molar-refractivity contribution < 1.29 is 10.0 Å². The van der Waals surface area contributed by atoms with E-state index in [1.54, 1.807) is 12.1 Å². The van der Waals surface area contributed by atoms with E-state index in [2.05, 4.69) is 17.1 Å². The molecule has 0 aromatic heterocycles. The first-order valence-corrected chi connectivity index (χ1v) is 8.34. The molecule has 0 spiro atoms. The molecule has 1 aliphatic heterocycles. The number of β-amino-alcohol motifs (C(OH)–C–C–N with tert-alkyl or cyclic N) is 1. The minimum atomic E-state index is -0.399. The average molecular weight is 321 g/mol. The summed E-state index contributed by atoms with van der Waals surface area (Å²) in [6.07, 6.45) is 2.02. The van der Waals surface area contributed by atoms with Crippen molar-refractivity contribution in [3.63, 3.8) is 0 Å². The molecule has 0 bridgehead atoms. The van der Waals surface area contributed by atoms with Gasteiger partial charge in [0.05, 0.1) is 11.0 Å². The van der Waals surface area contributed by atoms with E-state index in [4.69, 9.17) is 0 Å². The van der Waals surface area contributed by atoms with Crippen LogP contribution in [0.5, 0.6) is 0 Å². The first-order valence-electron chi connectivity index (χ1n) is 8.34. The molecule has 6 nitrogen and oxygen atoms in total. The van der Waals surface area contributed by atoms with Crippen molar-refractivity contribution in [2.75, 3.05) is 26.2 Å². The standard InChI is InChI=1S/C17H27N3O3/c1-13-7-9-19(10-8-13)12-17(21)11-18-14(2)15-3-5-16(6-4-15)20(22)23/h3-6,13-14,17-18,21H,7-12H2,1-2H3. The van der Waals surface area contributed by atoms with Gasteiger partial charge in [-0.05, 0) is 44.3 Å². The zero-order valence-electron chi connectivity index (χ0n) is 13.9. The van der Waals surface area contributed by atoms with Crippen molar-refractivity contribution in [2.45, 2.75) is 38.8 Å². The molecule has 1 aromatic rings. The van der Waals surface area contributed by atoms with Gasteiger partial charge in [-0.1, -0.05) is 19.1 Å². The van der Waals surface area contributed by atoms with Crippen LogP contribution in [0.25, 0.3) is 0 Å². The van der Waals surface area contributed by atoms with Gasteiger partial charge >= 0.3 is 0 Å². The number of nitro groups is 1. The highest BCUT2D eigenvalue weighted by Crippen LogP contribution is 2.18. The lowest BCUT2D eigenvalue weighted by molar-refractivity contribution is -0.384. The quantitative estimate of drug-likeness (QED) is 0.595. The lowest BCUT2D eigenvalue weighted by atomic mass is 9.99. The molecule has 0 aliphatic carbocycles. The van der Waals surface area contributed by atoms with E-state index in [9.17, 15) is 15.2 Å². The number of nitrogens with zero attached hydrogens (tertiary/aromatic N) is 2. The molecule has 1 heterocycles. The second-order valence-corrected chi connectivity index (χ2v) is 6.62. The Kier molecular flexibility index (Phi) is 6.50. The van der Waals surface area contributed by atoms with Gasteiger partial charge in [-0.3, -0.25) is 10.1 Å². The van der Waals surface area contributed by atoms with Crippen molar-refractivity contribution in [1.82, 2.24) is 10.2 Å². The Hall–Kier alpha value is -1.50. The van der Waals surface area contributed by atoms with Crippen LogP contribution in [0.4, 0.5) is 5.69 Å². The highest BCUT2D eigenvalue weighted by Gasteiger charge is 2.18. The van der Waals surface area contributed by atoms with Gasteiger partial charge in [0.1, 0.15) is 0 Å². The molecule has 6 heteroatoms. The molecular formula is C17H27N3O3. The van der Waals surface area contributed by atoms with Crippen molar-refractivity contribution in [3.8, 4) is 0 Å². The largest absolute Gasteiger partial charge is 0.390 e. The van der Waals surface area contributed by atoms with Gasteiger partial charge in [0.15, 0.2) is 0 Å². The SMILES string of the molecule is CC1CCN(CC(O)CNC(C)c2ccc([N+](=O)[O-])cc2)CC1. The molecule has 0 radical (unpaired) electrons. The Labute approximate surface area is 137 Å². The number of likely N-dealkylation sites (tertiary alicyclic amines) is 1. The Morgan fingerprint density at radius 3 is 2.52 bits per heavy atom. The lowest BCUT2D eigenvalue weighted by Gasteiger charge is -2.32. The number of benzene rings is 1. The third-order valence-electron chi connectivity index (χ3n) is 4.61. The predicted molar refractivity (Wildman–Crippen MR) is 90.4 cm³/mol. The fraction of sp³-hybridized carbons (Fsp3) is 0.647. The van der Waals surface area contributed by atoms with E-state index in [-0.39, 0.29) is 11.7 Å². The van der Waals surface area contributed by atoms with E-state index in [0.29, 0.717) is 13.1 Å². The van der Waals surface area contributed by atoms with E-state index < -0.39 is 11.0 Å². The second-order valence-electron chi connectivity index (χ2n) is 6.62. The fourth-order valence-corrected chi connectivity index (χ4v) is 2.92. The average Bonchev–Trinajstić information content (AvgIpc) is 2.55. The summed E-state index contributed by atoms with van der Waals surface area (Å²) in [7, 11) is 0. The smallest absolute Gasteiger partial charge is 0.269 e. The maximum absolute atomic E-state index is 10.7. The van der Waals surface area contributed by atoms with Crippen molar-refractivity contribution >= 4 is 5.69 Å². The monoisotopic (exact) mass is 321 g/mol. The number of nitrogens with one attached hydrogen (secondary N) is 1. The first kappa shape index (κ1) is 17.8. The lowest BCUT2D eigenvalue weighted by Crippen LogP contribution is -2.42. The van der Waals surface area contributed by atoms with E-state index in [0.717, 1.165) is 24.6 Å². The Morgan fingerprint density at radius 1 is 1.35 bits per heavy atom. The molecule has 23 heavy (non-hydrogen) atoms. The second kappa shape index (κ2) is 8.38. The molecule has 0 saturated carbocycles. The van der Waals surface area contributed by atoms with Gasteiger partial charge < -0.3 is 15.3 Å². The molecule has 128 valence electrons. The van der Waals surface area contributed by atoms with Crippen LogP contribution >= 0.6 is 0 Å². The summed E-state index contributed by atoms with van der Waals surface area (Å²) in [5, 5.41) is 24.1. The Balaban J connectivity index is 1.74. The molecular weight excluding hydrogens is 294 g/mol. The number of hydrogen-bond acceptors (Lipinski definition) is 5. The third-order valence-corrected chi connectivity index (χ3v) is 4.61. The summed E-state index contributed by atoms with van der Waals surface area (Å²) in [6.45, 7) is 7.63. The normalized spacial score (nSPS) is 19.4. The first-order chi connectivity index (χ1) is 11.0. The number of hydrogen-bond donors (Lipinski definition) is 2. The third kappa shape index (κ3) is 5.57. The maximum Gasteiger partial charge on any atom is 0.269 e. The minimum absolute atomic E-state index is 0.0480. The van der Waals surface area contributed by atoms with Crippen LogP contribution in [0, 0.1) is 16.0 Å². The number of rotatable bonds is 7. The van der Waals surface area contributed by atoms with Crippen LogP contribution in [0.15, 0.2) is 24.3 Å². The van der Waals surface area contributed by atoms with Crippen LogP contribution in [0.1, 0.15) is 38.3 Å². The van der Waals surface area contributed by atoms with Crippen molar-refractivity contribution in [1.29, 1.82) is 0 Å². The van der Waals surface area contributed by atoms with E-state index in [1.807, 2.05) is 6.92 Å². The van der Waals surface area contributed by atoms with Gasteiger partial charge in [0, 0.05) is 31.3 Å². The van der Waals surface area contributed by atoms with Crippen molar-refractivity contribution in [3.05, 3.63) is 39.9 Å². The van der Waals surface area contributed by atoms with Crippen LogP contribution in [-0.2, 0) is 0 Å². The molecule has 1 fully saturated rings. The highest BCUT2D eigenvalue weighted by atomic mass is 16.6. The predicted octanol–water partition coefficient (Wildman–Crippen LogP) is 2.34. The summed E-state index contributed by atoms with van der Waals surface area (Å²) < 4.78 is 0. The molecule has 2 unspecified atom stereocenters. The summed E-state index contributed by atoms with van der Waals surface area (Å²) in [4.78, 5) is 12.6. The molecule has 2 N–H and O–H groups in total. The van der Waals surface area contributed by atoms with Gasteiger partial charge in [-0.2, -0.15) is 0 Å². The molecule has 2 rings (SSSR count). The molecule has 2 atom stereocenters. The summed E-state index contributed by atoms with van der Waals surface area (Å²) in [6, 6.07) is 6.59. The number of non-ortho nitro benzene ring substituents is 1. The maximum atomic E-state index is 10.7. The summed E-state index contributed by atoms with van der Waals surface area (Å²) in [5.74, 6) is 0.795. The summed E-state index contributed by atoms with van der Waals surface area (Å²) >= 11 is 0. The molecule has 1 saturated heterocycles. The van der Waals surface area contributed by atoms with Crippen LogP contribution in [-0.4, -0.2) is 47.2 Å². The van der Waals surface area contributed by atoms with Gasteiger partial charge in [-0.25, -0.2) is 0 Å². The Morgan fingerprint density at radius 2 is 1.96 bits per heavy atom. The zero-order chi connectivity index (χ0) is 16.8. The number of aliphatic hydroxyl groups is 1. The van der Waals surface area contributed by atoms with Crippen LogP contribution < -0.4 is 5.32 Å². The minimum Gasteiger partial charge on any atom is -0.390 e. The number of aliphatic hydroxyl groups excluding tert-OH is 1. The molecule has 1 aromatic carbocycles. The van der Waals surface area contributed by atoms with Crippen LogP contribution in [0.2, 0.25) is 0 Å². The molecule has 0 amide bonds. The summed E-state index contributed by atoms with van der Waals surface area (Å²) in [5.41, 5.74) is 1.08. The Bertz CT molecular complexity index is 498. The topological polar surface area (TPSA) is 78.6 Å². The molecule has 1 aliphatic rings. The van der Waals surface area contributed by atoms with Gasteiger partial charge in [0.25, 0.3) is 5.69 Å². The van der Waals surface area contributed by atoms with E-state index in [1.165, 1.54) is 25.0 Å². The van der Waals surface area contributed by atoms with Crippen molar-refractivity contribution in [2.24, 2.45) is 5.92 Å². The van der Waals surface area contributed by atoms with Gasteiger partial charge in [0.2, 0.25) is 0 Å². The highest BCUT2D eigenvalue weighted by molar-refractivity contribution is 5.34. The fourth-order valence-electron chi connectivity index (χ4n) is 2.92. The van der Waals surface area contributed by atoms with Crippen LogP contribution in [0.3, 0.4) is 0 Å². The van der Waals surface area contributed by atoms with Gasteiger partial charge in [-0.15, -0.1) is 0 Å². The number of nitro benzene ring substituents is 1. The zero-order valence-corrected chi connectivity index (χ0v) is 13.9.